The van der Waals surface area contributed by atoms with Crippen molar-refractivity contribution in [3.8, 4) is 22.8 Å². The summed E-state index contributed by atoms with van der Waals surface area (Å²) in [5.74, 6) is 0.784. The average molecular weight is 650 g/mol. The van der Waals surface area contributed by atoms with Crippen LogP contribution in [-0.4, -0.2) is 82.4 Å². The SMILES string of the molecule is CCOS(=O)(=O)c1ccc(C)cc1OCCOCCOCCOCCOc1ccc(-c2ccc3c4cnccc4n(C)c3c2)cn1. The van der Waals surface area contributed by atoms with Crippen molar-refractivity contribution in [1.29, 1.82) is 0 Å². The van der Waals surface area contributed by atoms with Gasteiger partial charge in [0.25, 0.3) is 0 Å². The fourth-order valence-electron chi connectivity index (χ4n) is 4.98. The molecule has 244 valence electrons. The predicted octanol–water partition coefficient (Wildman–Crippen LogP) is 5.33. The summed E-state index contributed by atoms with van der Waals surface area (Å²) < 4.78 is 59.7. The maximum Gasteiger partial charge on any atom is 0.300 e. The summed E-state index contributed by atoms with van der Waals surface area (Å²) >= 11 is 0. The maximum atomic E-state index is 12.3. The predicted molar refractivity (Wildman–Crippen MR) is 175 cm³/mol. The maximum absolute atomic E-state index is 12.3. The van der Waals surface area contributed by atoms with Gasteiger partial charge in [0.15, 0.2) is 0 Å². The van der Waals surface area contributed by atoms with Crippen LogP contribution in [0.25, 0.3) is 32.9 Å². The third-order valence-corrected chi connectivity index (χ3v) is 8.65. The number of aryl methyl sites for hydroxylation is 2. The van der Waals surface area contributed by atoms with Gasteiger partial charge in [0.1, 0.15) is 23.9 Å². The quantitative estimate of drug-likeness (QED) is 0.0910. The fraction of sp³-hybridized carbons (Fsp3) is 0.353. The Balaban J connectivity index is 0.928. The second kappa shape index (κ2) is 16.0. The van der Waals surface area contributed by atoms with Crippen LogP contribution in [0.2, 0.25) is 0 Å². The zero-order valence-electron chi connectivity index (χ0n) is 26.3. The molecule has 0 aliphatic carbocycles. The highest BCUT2D eigenvalue weighted by Crippen LogP contribution is 2.31. The van der Waals surface area contributed by atoms with Gasteiger partial charge in [-0.05, 0) is 55.3 Å². The molecule has 0 unspecified atom stereocenters. The fourth-order valence-corrected chi connectivity index (χ4v) is 6.02. The molecule has 3 aromatic heterocycles. The summed E-state index contributed by atoms with van der Waals surface area (Å²) in [6.07, 6.45) is 5.54. The van der Waals surface area contributed by atoms with Crippen molar-refractivity contribution in [1.82, 2.24) is 14.5 Å². The first-order valence-corrected chi connectivity index (χ1v) is 16.6. The lowest BCUT2D eigenvalue weighted by atomic mass is 10.1. The molecular formula is C34H39N3O8S. The number of pyridine rings is 2. The van der Waals surface area contributed by atoms with E-state index >= 15 is 0 Å². The smallest absolute Gasteiger partial charge is 0.300 e. The highest BCUT2D eigenvalue weighted by atomic mass is 32.2. The molecule has 0 bridgehead atoms. The van der Waals surface area contributed by atoms with Crippen molar-refractivity contribution in [3.63, 3.8) is 0 Å². The highest BCUT2D eigenvalue weighted by molar-refractivity contribution is 7.86. The number of fused-ring (bicyclic) bond motifs is 3. The lowest BCUT2D eigenvalue weighted by molar-refractivity contribution is 0.00466. The molecule has 12 heteroatoms. The Hall–Kier alpha value is -4.07. The van der Waals surface area contributed by atoms with Crippen LogP contribution in [0.3, 0.4) is 0 Å². The Morgan fingerprint density at radius 2 is 1.41 bits per heavy atom. The van der Waals surface area contributed by atoms with Gasteiger partial charge < -0.3 is 28.3 Å². The summed E-state index contributed by atoms with van der Waals surface area (Å²) in [5.41, 5.74) is 5.27. The van der Waals surface area contributed by atoms with Crippen LogP contribution >= 0.6 is 0 Å². The van der Waals surface area contributed by atoms with Gasteiger partial charge in [0.2, 0.25) is 5.88 Å². The van der Waals surface area contributed by atoms with Gasteiger partial charge >= 0.3 is 10.1 Å². The van der Waals surface area contributed by atoms with E-state index < -0.39 is 10.1 Å². The van der Waals surface area contributed by atoms with Crippen molar-refractivity contribution in [2.45, 2.75) is 18.7 Å². The molecule has 46 heavy (non-hydrogen) atoms. The average Bonchev–Trinajstić information content (AvgIpc) is 3.34. The third-order valence-electron chi connectivity index (χ3n) is 7.23. The first-order chi connectivity index (χ1) is 22.4. The lowest BCUT2D eigenvalue weighted by Crippen LogP contribution is -2.15. The van der Waals surface area contributed by atoms with Gasteiger partial charge in [-0.15, -0.1) is 0 Å². The summed E-state index contributed by atoms with van der Waals surface area (Å²) in [5, 5.41) is 2.32. The minimum absolute atomic E-state index is 0.00668. The summed E-state index contributed by atoms with van der Waals surface area (Å²) in [4.78, 5) is 8.74. The Kier molecular flexibility index (Phi) is 11.6. The highest BCUT2D eigenvalue weighted by Gasteiger charge is 2.20. The molecule has 0 aliphatic heterocycles. The number of ether oxygens (including phenoxy) is 5. The molecule has 5 aromatic rings. The summed E-state index contributed by atoms with van der Waals surface area (Å²) in [6.45, 7) is 6.41. The topological polar surface area (TPSA) is 120 Å². The zero-order chi connectivity index (χ0) is 32.4. The number of hydrogen-bond acceptors (Lipinski definition) is 10. The summed E-state index contributed by atoms with van der Waals surface area (Å²) in [7, 11) is -1.80. The third kappa shape index (κ3) is 8.39. The molecule has 0 atom stereocenters. The lowest BCUT2D eigenvalue weighted by Gasteiger charge is -2.13. The molecule has 2 aromatic carbocycles. The van der Waals surface area contributed by atoms with Gasteiger partial charge in [-0.25, -0.2) is 4.98 Å². The van der Waals surface area contributed by atoms with Gasteiger partial charge in [0.05, 0.1) is 51.8 Å². The minimum atomic E-state index is -3.87. The molecule has 0 aliphatic rings. The Bertz CT molecular complexity index is 1840. The normalized spacial score (nSPS) is 11.8. The minimum Gasteiger partial charge on any atom is -0.490 e. The van der Waals surface area contributed by atoms with Crippen LogP contribution in [0.1, 0.15) is 12.5 Å². The number of benzene rings is 2. The van der Waals surface area contributed by atoms with Crippen molar-refractivity contribution in [2.24, 2.45) is 7.05 Å². The van der Waals surface area contributed by atoms with E-state index in [-0.39, 0.29) is 30.5 Å². The van der Waals surface area contributed by atoms with E-state index in [4.69, 9.17) is 27.9 Å². The van der Waals surface area contributed by atoms with E-state index in [1.165, 1.54) is 11.5 Å². The monoisotopic (exact) mass is 649 g/mol. The van der Waals surface area contributed by atoms with E-state index in [9.17, 15) is 8.42 Å². The van der Waals surface area contributed by atoms with Crippen molar-refractivity contribution >= 4 is 31.9 Å². The van der Waals surface area contributed by atoms with Crippen LogP contribution in [-0.2, 0) is 35.6 Å². The van der Waals surface area contributed by atoms with Crippen LogP contribution in [0.4, 0.5) is 0 Å². The number of rotatable bonds is 18. The molecule has 0 fully saturated rings. The van der Waals surface area contributed by atoms with Gasteiger partial charge in [-0.3, -0.25) is 9.17 Å². The van der Waals surface area contributed by atoms with Gasteiger partial charge in [0, 0.05) is 53.6 Å². The van der Waals surface area contributed by atoms with E-state index in [1.807, 2.05) is 43.7 Å². The Morgan fingerprint density at radius 1 is 0.717 bits per heavy atom. The molecule has 5 rings (SSSR count). The zero-order valence-corrected chi connectivity index (χ0v) is 27.1. The Morgan fingerprint density at radius 3 is 2.11 bits per heavy atom. The van der Waals surface area contributed by atoms with E-state index in [0.717, 1.165) is 33.1 Å². The van der Waals surface area contributed by atoms with E-state index in [1.54, 1.807) is 19.1 Å². The van der Waals surface area contributed by atoms with Crippen LogP contribution in [0.5, 0.6) is 11.6 Å². The van der Waals surface area contributed by atoms with Gasteiger partial charge in [-0.1, -0.05) is 18.2 Å². The molecule has 0 radical (unpaired) electrons. The summed E-state index contributed by atoms with van der Waals surface area (Å²) in [6, 6.07) is 17.2. The molecule has 0 N–H and O–H groups in total. The molecule has 0 saturated heterocycles. The first kappa shape index (κ1) is 33.3. The molecule has 0 saturated carbocycles. The van der Waals surface area contributed by atoms with Crippen molar-refractivity contribution < 1.29 is 36.3 Å². The molecule has 11 nitrogen and oxygen atoms in total. The van der Waals surface area contributed by atoms with Crippen LogP contribution in [0.15, 0.2) is 78.1 Å². The molecule has 0 amide bonds. The number of aromatic nitrogens is 3. The second-order valence-electron chi connectivity index (χ2n) is 10.4. The second-order valence-corrected chi connectivity index (χ2v) is 12.0. The van der Waals surface area contributed by atoms with Crippen LogP contribution < -0.4 is 9.47 Å². The van der Waals surface area contributed by atoms with Gasteiger partial charge in [-0.2, -0.15) is 8.42 Å². The van der Waals surface area contributed by atoms with Crippen molar-refractivity contribution in [3.05, 3.63) is 78.8 Å². The molecule has 3 heterocycles. The van der Waals surface area contributed by atoms with E-state index in [2.05, 4.69) is 39.8 Å². The standard InChI is InChI=1S/C34H39N3O8S/c1-4-45-46(38,39)33-9-5-25(2)21-32(33)43-19-17-41-15-13-40-14-16-42-18-20-44-34-10-7-27(23-36-34)26-6-8-28-29-24-35-12-11-30(29)37(3)31(28)22-26/h5-12,21-24H,4,13-20H2,1-3H3. The number of nitrogens with zero attached hydrogens (tertiary/aromatic N) is 3. The number of hydrogen-bond donors (Lipinski definition) is 0. The van der Waals surface area contributed by atoms with Crippen molar-refractivity contribution in [2.75, 3.05) is 59.5 Å². The van der Waals surface area contributed by atoms with E-state index in [0.29, 0.717) is 45.5 Å². The molecule has 0 spiro atoms. The molecular weight excluding hydrogens is 610 g/mol. The Labute approximate surface area is 269 Å². The van der Waals surface area contributed by atoms with Crippen LogP contribution in [0, 0.1) is 6.92 Å². The largest absolute Gasteiger partial charge is 0.490 e. The first-order valence-electron chi connectivity index (χ1n) is 15.1.